The van der Waals surface area contributed by atoms with E-state index >= 15 is 0 Å². The summed E-state index contributed by atoms with van der Waals surface area (Å²) in [7, 11) is 0. The maximum Gasteiger partial charge on any atom is 0.237 e. The predicted octanol–water partition coefficient (Wildman–Crippen LogP) is 5.34. The lowest BCUT2D eigenvalue weighted by atomic mass is 10.0. The van der Waals surface area contributed by atoms with Crippen molar-refractivity contribution in [1.82, 2.24) is 14.8 Å². The Kier molecular flexibility index (Phi) is 5.99. The standard InChI is InChI=1S/C23H22N4O2S/c1-3-27-21(20-14-9-15-29-20)25-26-23(27)30-16(2)22(28)24-19-13-8-7-12-18(19)17-10-5-4-6-11-17/h4-16H,3H2,1-2H3,(H,24,28)/t16-/m1/s1. The number of hydrogen-bond acceptors (Lipinski definition) is 5. The second-order valence-electron chi connectivity index (χ2n) is 6.69. The second-order valence-corrected chi connectivity index (χ2v) is 8.00. The molecule has 0 saturated heterocycles. The molecule has 1 amide bonds. The summed E-state index contributed by atoms with van der Waals surface area (Å²) in [5.74, 6) is 1.23. The highest BCUT2D eigenvalue weighted by atomic mass is 32.2. The zero-order chi connectivity index (χ0) is 20.9. The SMILES string of the molecule is CCn1c(S[C@H](C)C(=O)Nc2ccccc2-c2ccccc2)nnc1-c1ccco1. The number of para-hydroxylation sites is 1. The zero-order valence-corrected chi connectivity index (χ0v) is 17.6. The Hall–Kier alpha value is -3.32. The largest absolute Gasteiger partial charge is 0.461 e. The Bertz CT molecular complexity index is 1120. The molecule has 30 heavy (non-hydrogen) atoms. The topological polar surface area (TPSA) is 73.0 Å². The van der Waals surface area contributed by atoms with Crippen molar-refractivity contribution in [3.8, 4) is 22.7 Å². The Balaban J connectivity index is 1.51. The van der Waals surface area contributed by atoms with Gasteiger partial charge in [0.2, 0.25) is 5.91 Å². The number of furan rings is 1. The van der Waals surface area contributed by atoms with Crippen molar-refractivity contribution in [2.75, 3.05) is 5.32 Å². The van der Waals surface area contributed by atoms with Gasteiger partial charge in [0.25, 0.3) is 0 Å². The lowest BCUT2D eigenvalue weighted by Crippen LogP contribution is -2.23. The van der Waals surface area contributed by atoms with Crippen LogP contribution in [0, 0.1) is 0 Å². The van der Waals surface area contributed by atoms with Gasteiger partial charge in [-0.25, -0.2) is 0 Å². The van der Waals surface area contributed by atoms with Crippen LogP contribution in [0.3, 0.4) is 0 Å². The van der Waals surface area contributed by atoms with E-state index < -0.39 is 0 Å². The molecule has 2 aromatic heterocycles. The van der Waals surface area contributed by atoms with Crippen molar-refractivity contribution >= 4 is 23.4 Å². The molecule has 0 aliphatic rings. The summed E-state index contributed by atoms with van der Waals surface area (Å²) in [5.41, 5.74) is 2.83. The summed E-state index contributed by atoms with van der Waals surface area (Å²) >= 11 is 1.38. The molecular formula is C23H22N4O2S. The van der Waals surface area contributed by atoms with Crippen LogP contribution in [-0.4, -0.2) is 25.9 Å². The number of aromatic nitrogens is 3. The fourth-order valence-corrected chi connectivity index (χ4v) is 4.07. The Labute approximate surface area is 179 Å². The van der Waals surface area contributed by atoms with Gasteiger partial charge in [-0.05, 0) is 37.6 Å². The third-order valence-corrected chi connectivity index (χ3v) is 5.78. The molecule has 2 heterocycles. The molecular weight excluding hydrogens is 396 g/mol. The molecule has 6 nitrogen and oxygen atoms in total. The average Bonchev–Trinajstić information content (AvgIpc) is 3.44. The summed E-state index contributed by atoms with van der Waals surface area (Å²) in [6, 6.07) is 21.5. The van der Waals surface area contributed by atoms with E-state index in [0.717, 1.165) is 16.8 Å². The number of nitrogens with zero attached hydrogens (tertiary/aromatic N) is 3. The maximum atomic E-state index is 12.9. The summed E-state index contributed by atoms with van der Waals surface area (Å²) in [5, 5.41) is 11.9. The minimum atomic E-state index is -0.354. The molecule has 152 valence electrons. The van der Waals surface area contributed by atoms with Gasteiger partial charge in [0, 0.05) is 17.8 Å². The monoisotopic (exact) mass is 418 g/mol. The molecule has 2 aromatic carbocycles. The van der Waals surface area contributed by atoms with Gasteiger partial charge in [0.1, 0.15) is 0 Å². The third kappa shape index (κ3) is 4.16. The van der Waals surface area contributed by atoms with Crippen molar-refractivity contribution in [1.29, 1.82) is 0 Å². The molecule has 0 unspecified atom stereocenters. The zero-order valence-electron chi connectivity index (χ0n) is 16.8. The summed E-state index contributed by atoms with van der Waals surface area (Å²) in [4.78, 5) is 12.9. The summed E-state index contributed by atoms with van der Waals surface area (Å²) in [6.07, 6.45) is 1.61. The van der Waals surface area contributed by atoms with E-state index in [-0.39, 0.29) is 11.2 Å². The molecule has 7 heteroatoms. The fraction of sp³-hybridized carbons (Fsp3) is 0.174. The lowest BCUT2D eigenvalue weighted by molar-refractivity contribution is -0.115. The van der Waals surface area contributed by atoms with Crippen molar-refractivity contribution in [2.45, 2.75) is 30.8 Å². The number of benzene rings is 2. The Morgan fingerprint density at radius 2 is 1.83 bits per heavy atom. The van der Waals surface area contributed by atoms with E-state index in [0.29, 0.717) is 23.3 Å². The van der Waals surface area contributed by atoms with Gasteiger partial charge in [0.05, 0.1) is 11.5 Å². The number of amides is 1. The van der Waals surface area contributed by atoms with E-state index in [1.807, 2.05) is 85.1 Å². The smallest absolute Gasteiger partial charge is 0.237 e. The number of anilines is 1. The van der Waals surface area contributed by atoms with E-state index in [9.17, 15) is 4.79 Å². The van der Waals surface area contributed by atoms with Gasteiger partial charge < -0.3 is 9.73 Å². The maximum absolute atomic E-state index is 12.9. The van der Waals surface area contributed by atoms with Crippen LogP contribution in [0.4, 0.5) is 5.69 Å². The van der Waals surface area contributed by atoms with E-state index in [2.05, 4.69) is 15.5 Å². The Morgan fingerprint density at radius 3 is 2.57 bits per heavy atom. The van der Waals surface area contributed by atoms with Crippen LogP contribution < -0.4 is 5.32 Å². The number of thioether (sulfide) groups is 1. The molecule has 4 aromatic rings. The van der Waals surface area contributed by atoms with Gasteiger partial charge in [-0.15, -0.1) is 10.2 Å². The highest BCUT2D eigenvalue weighted by Gasteiger charge is 2.22. The minimum absolute atomic E-state index is 0.0893. The minimum Gasteiger partial charge on any atom is -0.461 e. The van der Waals surface area contributed by atoms with Gasteiger partial charge >= 0.3 is 0 Å². The van der Waals surface area contributed by atoms with E-state index in [1.165, 1.54) is 11.8 Å². The molecule has 1 atom stereocenters. The molecule has 0 saturated carbocycles. The molecule has 0 radical (unpaired) electrons. The van der Waals surface area contributed by atoms with Crippen molar-refractivity contribution in [3.05, 3.63) is 73.0 Å². The first-order valence-electron chi connectivity index (χ1n) is 9.76. The van der Waals surface area contributed by atoms with E-state index in [1.54, 1.807) is 6.26 Å². The predicted molar refractivity (Wildman–Crippen MR) is 119 cm³/mol. The van der Waals surface area contributed by atoms with Crippen LogP contribution in [0.15, 0.2) is 82.6 Å². The number of carbonyl (C=O) groups excluding carboxylic acids is 1. The van der Waals surface area contributed by atoms with Gasteiger partial charge in [-0.3, -0.25) is 9.36 Å². The number of rotatable bonds is 7. The quantitative estimate of drug-likeness (QED) is 0.410. The van der Waals surface area contributed by atoms with Crippen molar-refractivity contribution < 1.29 is 9.21 Å². The molecule has 0 spiro atoms. The molecule has 0 aliphatic carbocycles. The Morgan fingerprint density at radius 1 is 1.07 bits per heavy atom. The second kappa shape index (κ2) is 9.00. The van der Waals surface area contributed by atoms with Crippen LogP contribution in [0.1, 0.15) is 13.8 Å². The van der Waals surface area contributed by atoms with Crippen LogP contribution in [0.5, 0.6) is 0 Å². The molecule has 1 N–H and O–H groups in total. The molecule has 0 bridgehead atoms. The first kappa shape index (κ1) is 20.0. The normalized spacial score (nSPS) is 11.9. The highest BCUT2D eigenvalue weighted by Crippen LogP contribution is 2.30. The van der Waals surface area contributed by atoms with Crippen LogP contribution in [0.25, 0.3) is 22.7 Å². The average molecular weight is 419 g/mol. The van der Waals surface area contributed by atoms with E-state index in [4.69, 9.17) is 4.42 Å². The van der Waals surface area contributed by atoms with Gasteiger partial charge in [0.15, 0.2) is 16.7 Å². The van der Waals surface area contributed by atoms with Crippen molar-refractivity contribution in [2.24, 2.45) is 0 Å². The third-order valence-electron chi connectivity index (χ3n) is 4.70. The van der Waals surface area contributed by atoms with Gasteiger partial charge in [-0.2, -0.15) is 0 Å². The van der Waals surface area contributed by atoms with Crippen LogP contribution >= 0.6 is 11.8 Å². The summed E-state index contributed by atoms with van der Waals surface area (Å²) in [6.45, 7) is 4.56. The van der Waals surface area contributed by atoms with Crippen LogP contribution in [-0.2, 0) is 11.3 Å². The highest BCUT2D eigenvalue weighted by molar-refractivity contribution is 8.00. The molecule has 4 rings (SSSR count). The fourth-order valence-electron chi connectivity index (χ4n) is 3.16. The lowest BCUT2D eigenvalue weighted by Gasteiger charge is -2.15. The number of hydrogen-bond donors (Lipinski definition) is 1. The first-order valence-corrected chi connectivity index (χ1v) is 10.6. The number of carbonyl (C=O) groups is 1. The molecule has 0 fully saturated rings. The van der Waals surface area contributed by atoms with Crippen molar-refractivity contribution in [3.63, 3.8) is 0 Å². The summed E-state index contributed by atoms with van der Waals surface area (Å²) < 4.78 is 7.40. The first-order chi connectivity index (χ1) is 14.7. The van der Waals surface area contributed by atoms with Crippen LogP contribution in [0.2, 0.25) is 0 Å². The van der Waals surface area contributed by atoms with Gasteiger partial charge in [-0.1, -0.05) is 60.3 Å². The molecule has 0 aliphatic heterocycles. The number of nitrogens with one attached hydrogen (secondary N) is 1.